The minimum absolute atomic E-state index is 0.155. The molecule has 20 heavy (non-hydrogen) atoms. The first kappa shape index (κ1) is 13.8. The van der Waals surface area contributed by atoms with Gasteiger partial charge in [-0.05, 0) is 6.92 Å². The van der Waals surface area contributed by atoms with Crippen LogP contribution in [0.25, 0.3) is 0 Å². The molecule has 0 aliphatic rings. The Kier molecular flexibility index (Phi) is 4.14. The van der Waals surface area contributed by atoms with Crippen molar-refractivity contribution in [3.05, 3.63) is 51.9 Å². The van der Waals surface area contributed by atoms with Gasteiger partial charge in [0.2, 0.25) is 0 Å². The van der Waals surface area contributed by atoms with Crippen LogP contribution in [0.5, 0.6) is 0 Å². The lowest BCUT2D eigenvalue weighted by atomic mass is 10.0. The Hall–Kier alpha value is -2.63. The summed E-state index contributed by atoms with van der Waals surface area (Å²) in [6, 6.07) is 12.7. The summed E-state index contributed by atoms with van der Waals surface area (Å²) in [7, 11) is 0. The van der Waals surface area contributed by atoms with E-state index in [1.807, 2.05) is 25.1 Å². The van der Waals surface area contributed by atoms with Crippen LogP contribution in [0.1, 0.15) is 33.3 Å². The molecule has 2 aromatic rings. The van der Waals surface area contributed by atoms with Crippen LogP contribution in [0, 0.1) is 22.7 Å². The van der Waals surface area contributed by atoms with Crippen molar-refractivity contribution in [2.75, 3.05) is 11.9 Å². The molecule has 98 valence electrons. The number of anilines is 1. The monoisotopic (exact) mass is 281 g/mol. The van der Waals surface area contributed by atoms with Crippen molar-refractivity contribution < 1.29 is 4.79 Å². The first-order valence-corrected chi connectivity index (χ1v) is 6.85. The molecule has 0 bridgehead atoms. The molecular formula is C15H11N3OS. The van der Waals surface area contributed by atoms with Gasteiger partial charge in [0.15, 0.2) is 5.78 Å². The summed E-state index contributed by atoms with van der Waals surface area (Å²) in [6.45, 7) is 2.51. The highest BCUT2D eigenvalue weighted by atomic mass is 32.1. The van der Waals surface area contributed by atoms with Gasteiger partial charge < -0.3 is 5.32 Å². The maximum absolute atomic E-state index is 12.6. The molecule has 0 saturated heterocycles. The number of nitrogens with one attached hydrogen (secondary N) is 1. The molecule has 2 rings (SSSR count). The van der Waals surface area contributed by atoms with E-state index in [9.17, 15) is 10.1 Å². The predicted octanol–water partition coefficient (Wildman–Crippen LogP) is 3.15. The molecule has 1 aromatic carbocycles. The molecule has 0 radical (unpaired) electrons. The molecule has 0 amide bonds. The van der Waals surface area contributed by atoms with E-state index in [0.717, 1.165) is 11.3 Å². The summed E-state index contributed by atoms with van der Waals surface area (Å²) >= 11 is 1.14. The molecule has 1 N–H and O–H groups in total. The SMILES string of the molecule is CCNc1sc(C#N)c(C#N)c1C(=O)c1ccccc1. The van der Waals surface area contributed by atoms with Crippen LogP contribution in [-0.4, -0.2) is 12.3 Å². The molecule has 0 saturated carbocycles. The summed E-state index contributed by atoms with van der Waals surface area (Å²) in [5.41, 5.74) is 0.954. The van der Waals surface area contributed by atoms with Crippen molar-refractivity contribution in [3.63, 3.8) is 0 Å². The smallest absolute Gasteiger partial charge is 0.197 e. The van der Waals surface area contributed by atoms with Crippen molar-refractivity contribution in [1.82, 2.24) is 0 Å². The lowest BCUT2D eigenvalue weighted by Gasteiger charge is -2.04. The number of thiophene rings is 1. The van der Waals surface area contributed by atoms with Crippen LogP contribution in [0.15, 0.2) is 30.3 Å². The van der Waals surface area contributed by atoms with E-state index in [4.69, 9.17) is 5.26 Å². The third-order valence-electron chi connectivity index (χ3n) is 2.72. The summed E-state index contributed by atoms with van der Waals surface area (Å²) in [5, 5.41) is 21.9. The topological polar surface area (TPSA) is 76.7 Å². The van der Waals surface area contributed by atoms with Crippen molar-refractivity contribution >= 4 is 22.1 Å². The predicted molar refractivity (Wildman–Crippen MR) is 77.8 cm³/mol. The number of hydrogen-bond donors (Lipinski definition) is 1. The molecule has 0 aliphatic carbocycles. The van der Waals surface area contributed by atoms with Gasteiger partial charge in [-0.2, -0.15) is 10.5 Å². The first-order chi connectivity index (χ1) is 9.72. The highest BCUT2D eigenvalue weighted by Crippen LogP contribution is 2.34. The molecule has 5 heteroatoms. The van der Waals surface area contributed by atoms with E-state index in [1.54, 1.807) is 24.3 Å². The molecule has 1 aromatic heterocycles. The van der Waals surface area contributed by atoms with Crippen molar-refractivity contribution in [1.29, 1.82) is 10.5 Å². The molecule has 0 fully saturated rings. The lowest BCUT2D eigenvalue weighted by molar-refractivity contribution is 0.103. The summed E-state index contributed by atoms with van der Waals surface area (Å²) in [4.78, 5) is 12.8. The van der Waals surface area contributed by atoms with Gasteiger partial charge in [0.25, 0.3) is 0 Å². The van der Waals surface area contributed by atoms with Gasteiger partial charge in [0.1, 0.15) is 22.0 Å². The Labute approximate surface area is 120 Å². The maximum Gasteiger partial charge on any atom is 0.197 e. The number of ketones is 1. The zero-order valence-corrected chi connectivity index (χ0v) is 11.6. The number of nitrogens with zero attached hydrogens (tertiary/aromatic N) is 2. The molecule has 0 unspecified atom stereocenters. The van der Waals surface area contributed by atoms with Gasteiger partial charge >= 0.3 is 0 Å². The highest BCUT2D eigenvalue weighted by Gasteiger charge is 2.24. The number of carbonyl (C=O) groups excluding carboxylic acids is 1. The van der Waals surface area contributed by atoms with Crippen LogP contribution in [-0.2, 0) is 0 Å². The average molecular weight is 281 g/mol. The Morgan fingerprint density at radius 1 is 1.25 bits per heavy atom. The number of nitriles is 2. The van der Waals surface area contributed by atoms with Gasteiger partial charge in [-0.15, -0.1) is 11.3 Å². The van der Waals surface area contributed by atoms with Gasteiger partial charge in [0.05, 0.1) is 11.1 Å². The largest absolute Gasteiger partial charge is 0.377 e. The number of rotatable bonds is 4. The fourth-order valence-corrected chi connectivity index (χ4v) is 2.86. The third kappa shape index (κ3) is 2.40. The lowest BCUT2D eigenvalue weighted by Crippen LogP contribution is -2.06. The summed E-state index contributed by atoms with van der Waals surface area (Å²) < 4.78 is 0. The van der Waals surface area contributed by atoms with E-state index in [0.29, 0.717) is 22.7 Å². The van der Waals surface area contributed by atoms with Crippen LogP contribution >= 0.6 is 11.3 Å². The van der Waals surface area contributed by atoms with Crippen molar-refractivity contribution in [2.24, 2.45) is 0 Å². The standard InChI is InChI=1S/C15H11N3OS/c1-2-18-15-13(11(8-16)12(9-17)20-15)14(19)10-6-4-3-5-7-10/h3-7,18H,2H2,1H3. The maximum atomic E-state index is 12.6. The minimum atomic E-state index is -0.240. The Bertz CT molecular complexity index is 720. The zero-order valence-electron chi connectivity index (χ0n) is 10.8. The van der Waals surface area contributed by atoms with Gasteiger partial charge in [-0.3, -0.25) is 4.79 Å². The van der Waals surface area contributed by atoms with E-state index in [-0.39, 0.29) is 16.2 Å². The fraction of sp³-hybridized carbons (Fsp3) is 0.133. The first-order valence-electron chi connectivity index (χ1n) is 6.03. The number of carbonyl (C=O) groups is 1. The van der Waals surface area contributed by atoms with Crippen LogP contribution in [0.4, 0.5) is 5.00 Å². The van der Waals surface area contributed by atoms with E-state index >= 15 is 0 Å². The molecular weight excluding hydrogens is 270 g/mol. The highest BCUT2D eigenvalue weighted by molar-refractivity contribution is 7.17. The van der Waals surface area contributed by atoms with E-state index in [1.165, 1.54) is 0 Å². The zero-order chi connectivity index (χ0) is 14.5. The summed E-state index contributed by atoms with van der Waals surface area (Å²) in [6.07, 6.45) is 0. The van der Waals surface area contributed by atoms with Gasteiger partial charge in [-0.25, -0.2) is 0 Å². The second-order valence-electron chi connectivity index (χ2n) is 3.96. The third-order valence-corrected chi connectivity index (χ3v) is 3.77. The fourth-order valence-electron chi connectivity index (χ4n) is 1.85. The van der Waals surface area contributed by atoms with Crippen molar-refractivity contribution in [2.45, 2.75) is 6.92 Å². The van der Waals surface area contributed by atoms with E-state index in [2.05, 4.69) is 5.32 Å². The minimum Gasteiger partial charge on any atom is -0.377 e. The van der Waals surface area contributed by atoms with Crippen LogP contribution in [0.3, 0.4) is 0 Å². The number of hydrogen-bond acceptors (Lipinski definition) is 5. The van der Waals surface area contributed by atoms with Crippen molar-refractivity contribution in [3.8, 4) is 12.1 Å². The second-order valence-corrected chi connectivity index (χ2v) is 4.98. The van der Waals surface area contributed by atoms with Gasteiger partial charge in [0, 0.05) is 12.1 Å². The normalized spacial score (nSPS) is 9.55. The Balaban J connectivity index is 2.61. The number of benzene rings is 1. The second kappa shape index (κ2) is 6.01. The molecule has 0 aliphatic heterocycles. The Morgan fingerprint density at radius 3 is 2.50 bits per heavy atom. The van der Waals surface area contributed by atoms with Gasteiger partial charge in [-0.1, -0.05) is 30.3 Å². The molecule has 0 atom stereocenters. The molecule has 1 heterocycles. The average Bonchev–Trinajstić information content (AvgIpc) is 2.85. The Morgan fingerprint density at radius 2 is 1.95 bits per heavy atom. The van der Waals surface area contributed by atoms with E-state index < -0.39 is 0 Å². The van der Waals surface area contributed by atoms with Crippen LogP contribution in [0.2, 0.25) is 0 Å². The summed E-state index contributed by atoms with van der Waals surface area (Å²) in [5.74, 6) is -0.240. The quantitative estimate of drug-likeness (QED) is 0.873. The molecule has 4 nitrogen and oxygen atoms in total. The molecule has 0 spiro atoms. The van der Waals surface area contributed by atoms with Crippen LogP contribution < -0.4 is 5.32 Å².